The van der Waals surface area contributed by atoms with Gasteiger partial charge in [0.25, 0.3) is 0 Å². The Bertz CT molecular complexity index is 447. The Morgan fingerprint density at radius 2 is 2.21 bits per heavy atom. The maximum atomic E-state index is 11.4. The molecule has 104 valence electrons. The Hall–Kier alpha value is -1.07. The normalized spacial score (nSPS) is 10.5. The molecule has 0 saturated heterocycles. The van der Waals surface area contributed by atoms with Crippen molar-refractivity contribution in [3.05, 3.63) is 35.4 Å². The summed E-state index contributed by atoms with van der Waals surface area (Å²) in [6, 6.07) is 7.75. The van der Waals surface area contributed by atoms with Gasteiger partial charge < -0.3 is 10.5 Å². The van der Waals surface area contributed by atoms with Crippen LogP contribution in [0, 0.1) is 5.92 Å². The second kappa shape index (κ2) is 8.17. The van der Waals surface area contributed by atoms with Crippen molar-refractivity contribution in [3.63, 3.8) is 0 Å². The molecule has 0 aliphatic carbocycles. The third-order valence-corrected chi connectivity index (χ3v) is 3.49. The Labute approximate surface area is 123 Å². The van der Waals surface area contributed by atoms with Gasteiger partial charge in [0.2, 0.25) is 0 Å². The number of nitrogens with two attached hydrogens (primary N) is 1. The number of esters is 1. The van der Waals surface area contributed by atoms with Crippen LogP contribution in [0.4, 0.5) is 0 Å². The molecule has 1 aromatic carbocycles. The molecule has 0 atom stereocenters. The van der Waals surface area contributed by atoms with E-state index in [1.54, 1.807) is 0 Å². The van der Waals surface area contributed by atoms with Gasteiger partial charge in [-0.1, -0.05) is 44.3 Å². The van der Waals surface area contributed by atoms with E-state index < -0.39 is 0 Å². The summed E-state index contributed by atoms with van der Waals surface area (Å²) in [5.41, 5.74) is 7.54. The monoisotopic (exact) mass is 297 g/mol. The fraction of sp³-hybridized carbons (Fsp3) is 0.429. The molecule has 0 aromatic heterocycles. The summed E-state index contributed by atoms with van der Waals surface area (Å²) in [6.45, 7) is 4.51. The van der Waals surface area contributed by atoms with Crippen molar-refractivity contribution >= 4 is 34.9 Å². The van der Waals surface area contributed by atoms with Gasteiger partial charge in [-0.05, 0) is 17.5 Å². The first kappa shape index (κ1) is 16.0. The van der Waals surface area contributed by atoms with Crippen molar-refractivity contribution in [2.24, 2.45) is 11.7 Å². The Kier molecular flexibility index (Phi) is 6.87. The first-order chi connectivity index (χ1) is 8.99. The fourth-order valence-corrected chi connectivity index (χ4v) is 2.26. The van der Waals surface area contributed by atoms with E-state index in [9.17, 15) is 4.79 Å². The van der Waals surface area contributed by atoms with Gasteiger partial charge in [0.05, 0.1) is 12.4 Å². The molecule has 0 heterocycles. The highest BCUT2D eigenvalue weighted by Gasteiger charge is 2.05. The topological polar surface area (TPSA) is 52.3 Å². The van der Waals surface area contributed by atoms with Crippen molar-refractivity contribution in [2.75, 3.05) is 12.4 Å². The molecule has 0 radical (unpaired) electrons. The van der Waals surface area contributed by atoms with Crippen LogP contribution >= 0.6 is 24.0 Å². The number of carbonyl (C=O) groups is 1. The van der Waals surface area contributed by atoms with Gasteiger partial charge in [-0.25, -0.2) is 0 Å². The summed E-state index contributed by atoms with van der Waals surface area (Å²) in [5.74, 6) is 1.32. The minimum Gasteiger partial charge on any atom is -0.465 e. The zero-order chi connectivity index (χ0) is 14.3. The lowest BCUT2D eigenvalue weighted by molar-refractivity contribution is -0.141. The summed E-state index contributed by atoms with van der Waals surface area (Å²) in [7, 11) is 0. The molecule has 1 aromatic rings. The van der Waals surface area contributed by atoms with E-state index in [0.29, 0.717) is 23.3 Å². The van der Waals surface area contributed by atoms with Gasteiger partial charge in [0.15, 0.2) is 0 Å². The van der Waals surface area contributed by atoms with E-state index in [-0.39, 0.29) is 5.97 Å². The predicted molar refractivity (Wildman–Crippen MR) is 84.3 cm³/mol. The van der Waals surface area contributed by atoms with Crippen molar-refractivity contribution in [3.8, 4) is 0 Å². The standard InChI is InChI=1S/C14H19NO2S2/c1-10(2)7-17-13(16)9-19-8-11-4-3-5-12(6-11)14(15)18/h3-6,10H,7-9H2,1-2H3,(H2,15,18). The number of ether oxygens (including phenoxy) is 1. The van der Waals surface area contributed by atoms with Crippen LogP contribution in [-0.4, -0.2) is 23.3 Å². The number of thiocarbonyl (C=S) groups is 1. The lowest BCUT2D eigenvalue weighted by atomic mass is 10.1. The van der Waals surface area contributed by atoms with Crippen molar-refractivity contribution in [1.82, 2.24) is 0 Å². The van der Waals surface area contributed by atoms with E-state index >= 15 is 0 Å². The number of hydrogen-bond acceptors (Lipinski definition) is 4. The zero-order valence-corrected chi connectivity index (χ0v) is 12.9. The Morgan fingerprint density at radius 1 is 1.47 bits per heavy atom. The fourth-order valence-electron chi connectivity index (χ4n) is 1.37. The van der Waals surface area contributed by atoms with Crippen LogP contribution in [0.2, 0.25) is 0 Å². The largest absolute Gasteiger partial charge is 0.465 e. The lowest BCUT2D eigenvalue weighted by Gasteiger charge is -2.07. The second-order valence-electron chi connectivity index (χ2n) is 4.63. The highest BCUT2D eigenvalue weighted by atomic mass is 32.2. The van der Waals surface area contributed by atoms with Crippen molar-refractivity contribution < 1.29 is 9.53 Å². The van der Waals surface area contributed by atoms with Gasteiger partial charge in [0.1, 0.15) is 4.99 Å². The summed E-state index contributed by atoms with van der Waals surface area (Å²) in [6.07, 6.45) is 0. The van der Waals surface area contributed by atoms with Gasteiger partial charge in [-0.2, -0.15) is 0 Å². The molecule has 0 spiro atoms. The van der Waals surface area contributed by atoms with E-state index in [1.807, 2.05) is 38.1 Å². The van der Waals surface area contributed by atoms with Crippen molar-refractivity contribution in [2.45, 2.75) is 19.6 Å². The van der Waals surface area contributed by atoms with E-state index in [4.69, 9.17) is 22.7 Å². The van der Waals surface area contributed by atoms with E-state index in [2.05, 4.69) is 0 Å². The average molecular weight is 297 g/mol. The first-order valence-electron chi connectivity index (χ1n) is 6.11. The molecule has 5 heteroatoms. The zero-order valence-electron chi connectivity index (χ0n) is 11.2. The SMILES string of the molecule is CC(C)COC(=O)CSCc1cccc(C(N)=S)c1. The highest BCUT2D eigenvalue weighted by Crippen LogP contribution is 2.14. The van der Waals surface area contributed by atoms with Crippen LogP contribution in [0.1, 0.15) is 25.0 Å². The Balaban J connectivity index is 2.35. The van der Waals surface area contributed by atoms with E-state index in [0.717, 1.165) is 16.9 Å². The lowest BCUT2D eigenvalue weighted by Crippen LogP contribution is -2.12. The molecular weight excluding hydrogens is 278 g/mol. The summed E-state index contributed by atoms with van der Waals surface area (Å²) < 4.78 is 5.10. The molecule has 0 amide bonds. The maximum Gasteiger partial charge on any atom is 0.315 e. The molecule has 0 bridgehead atoms. The summed E-state index contributed by atoms with van der Waals surface area (Å²) >= 11 is 6.46. The van der Waals surface area contributed by atoms with Crippen LogP contribution < -0.4 is 5.73 Å². The number of thioether (sulfide) groups is 1. The average Bonchev–Trinajstić information content (AvgIpc) is 2.36. The third kappa shape index (κ3) is 6.59. The first-order valence-corrected chi connectivity index (χ1v) is 7.67. The second-order valence-corrected chi connectivity index (χ2v) is 6.06. The van der Waals surface area contributed by atoms with E-state index in [1.165, 1.54) is 11.8 Å². The van der Waals surface area contributed by atoms with Gasteiger partial charge in [-0.15, -0.1) is 11.8 Å². The van der Waals surface area contributed by atoms with Crippen molar-refractivity contribution in [1.29, 1.82) is 0 Å². The third-order valence-electron chi connectivity index (χ3n) is 2.28. The maximum absolute atomic E-state index is 11.4. The summed E-state index contributed by atoms with van der Waals surface area (Å²) in [5, 5.41) is 0. The predicted octanol–water partition coefficient (Wildman–Crippen LogP) is 2.75. The van der Waals surface area contributed by atoms with Crippen LogP contribution in [0.5, 0.6) is 0 Å². The quantitative estimate of drug-likeness (QED) is 0.619. The molecule has 1 rings (SSSR count). The minimum absolute atomic E-state index is 0.163. The molecule has 0 aliphatic rings. The molecule has 19 heavy (non-hydrogen) atoms. The van der Waals surface area contributed by atoms with Gasteiger partial charge in [0, 0.05) is 11.3 Å². The molecule has 3 nitrogen and oxygen atoms in total. The summed E-state index contributed by atoms with van der Waals surface area (Å²) in [4.78, 5) is 11.8. The Morgan fingerprint density at radius 3 is 2.84 bits per heavy atom. The minimum atomic E-state index is -0.163. The molecule has 0 aliphatic heterocycles. The molecule has 0 fully saturated rings. The highest BCUT2D eigenvalue weighted by molar-refractivity contribution is 7.99. The number of rotatable bonds is 7. The van der Waals surface area contributed by atoms with Crippen LogP contribution in [0.25, 0.3) is 0 Å². The molecule has 0 saturated carbocycles. The number of benzene rings is 1. The van der Waals surface area contributed by atoms with Crippen LogP contribution in [0.15, 0.2) is 24.3 Å². The molecule has 0 unspecified atom stereocenters. The number of hydrogen-bond donors (Lipinski definition) is 1. The smallest absolute Gasteiger partial charge is 0.315 e. The molecule has 2 N–H and O–H groups in total. The van der Waals surface area contributed by atoms with Crippen LogP contribution in [0.3, 0.4) is 0 Å². The van der Waals surface area contributed by atoms with Crippen LogP contribution in [-0.2, 0) is 15.3 Å². The van der Waals surface area contributed by atoms with Gasteiger partial charge in [-0.3, -0.25) is 4.79 Å². The van der Waals surface area contributed by atoms with Gasteiger partial charge >= 0.3 is 5.97 Å². The molecular formula is C14H19NO2S2. The number of carbonyl (C=O) groups excluding carboxylic acids is 1.